The van der Waals surface area contributed by atoms with Gasteiger partial charge in [-0.3, -0.25) is 23.7 Å². The molecule has 0 aromatic heterocycles. The van der Waals surface area contributed by atoms with Crippen LogP contribution in [0.2, 0.25) is 0 Å². The lowest BCUT2D eigenvalue weighted by Crippen LogP contribution is -2.38. The summed E-state index contributed by atoms with van der Waals surface area (Å²) in [5.74, 6) is 1.60. The minimum absolute atomic E-state index is 0.0113. The molecular weight excluding hydrogens is 1690 g/mol. The quantitative estimate of drug-likeness (QED) is 0.0391. The van der Waals surface area contributed by atoms with Gasteiger partial charge in [0.2, 0.25) is 40.1 Å². The first-order valence-corrected chi connectivity index (χ1v) is 51.1. The number of carbonyl (C=O) groups is 1. The molecule has 4 aliphatic heterocycles. The molecule has 4 N–H and O–H groups in total. The van der Waals surface area contributed by atoms with Gasteiger partial charge in [-0.2, -0.15) is 0 Å². The first-order valence-electron chi connectivity index (χ1n) is 39.4. The fraction of sp³-hybridized carbons (Fsp3) is 0.410. The number of fused-ring (bicyclic) bond motifs is 2. The molecule has 4 saturated heterocycles. The number of hydrogen-bond acceptors (Lipinski definition) is 21. The van der Waals surface area contributed by atoms with Crippen molar-refractivity contribution in [1.82, 2.24) is 17.2 Å². The first-order chi connectivity index (χ1) is 56.3. The molecule has 1 saturated carbocycles. The number of sulfonamides is 8. The number of para-hydroxylation sites is 8. The number of carbonyl (C=O) groups excluding carboxylic acids is 1. The highest BCUT2D eigenvalue weighted by atomic mass is 32.2. The highest BCUT2D eigenvalue weighted by Crippen LogP contribution is 2.44. The van der Waals surface area contributed by atoms with Gasteiger partial charge in [0.05, 0.1) is 84.7 Å². The van der Waals surface area contributed by atoms with Crippen molar-refractivity contribution in [3.05, 3.63) is 194 Å². The predicted molar refractivity (Wildman–Crippen MR) is 473 cm³/mol. The van der Waals surface area contributed by atoms with Gasteiger partial charge in [0.15, 0.2) is 0 Å². The third-order valence-corrected chi connectivity index (χ3v) is 35.5. The number of piperidine rings is 4. The molecule has 2 atom stereocenters. The molecule has 8 aromatic rings. The number of nitrogens with one attached hydrogen (secondary N) is 4. The van der Waals surface area contributed by atoms with Crippen molar-refractivity contribution in [2.24, 2.45) is 23.2 Å². The number of hydrogen-bond donors (Lipinski definition) is 4. The molecule has 652 valence electrons. The summed E-state index contributed by atoms with van der Waals surface area (Å²) in [5, 5.41) is 0. The van der Waals surface area contributed by atoms with E-state index >= 15 is 0 Å². The van der Waals surface area contributed by atoms with Gasteiger partial charge in [-0.1, -0.05) is 75.7 Å². The van der Waals surface area contributed by atoms with E-state index in [1.165, 1.54) is 166 Å². The fourth-order valence-corrected chi connectivity index (χ4v) is 22.7. The highest BCUT2D eigenvalue weighted by Gasteiger charge is 2.39. The number of anilines is 8. The lowest BCUT2D eigenvalue weighted by atomic mass is 9.78. The zero-order valence-corrected chi connectivity index (χ0v) is 76.1. The molecule has 8 aromatic carbocycles. The average molecular weight is 1800 g/mol. The maximum atomic E-state index is 13.0. The van der Waals surface area contributed by atoms with E-state index in [-0.39, 0.29) is 50.9 Å². The summed E-state index contributed by atoms with van der Waals surface area (Å²) in [6, 6.07) is 50.6. The second-order valence-electron chi connectivity index (χ2n) is 31.7. The van der Waals surface area contributed by atoms with Gasteiger partial charge < -0.3 is 19.6 Å². The smallest absolute Gasteiger partial charge is 0.261 e. The second-order valence-corrected chi connectivity index (χ2v) is 47.0. The van der Waals surface area contributed by atoms with Crippen molar-refractivity contribution in [3.63, 3.8) is 0 Å². The van der Waals surface area contributed by atoms with Crippen LogP contribution in [-0.2, 0) is 85.0 Å². The van der Waals surface area contributed by atoms with Gasteiger partial charge in [0.1, 0.15) is 5.78 Å². The number of ketones is 1. The van der Waals surface area contributed by atoms with Crippen LogP contribution in [0, 0.1) is 23.2 Å². The van der Waals surface area contributed by atoms with E-state index in [4.69, 9.17) is 0 Å². The molecule has 13 rings (SSSR count). The Morgan fingerprint density at radius 3 is 0.875 bits per heavy atom. The summed E-state index contributed by atoms with van der Waals surface area (Å²) < 4.78 is 216. The van der Waals surface area contributed by atoms with Crippen LogP contribution in [0.4, 0.5) is 45.5 Å². The fourth-order valence-electron chi connectivity index (χ4n) is 14.8. The summed E-state index contributed by atoms with van der Waals surface area (Å²) in [6.07, 6.45) is 10.4. The topological polar surface area (TPSA) is 364 Å². The van der Waals surface area contributed by atoms with Gasteiger partial charge >= 0.3 is 0 Å². The predicted octanol–water partition coefficient (Wildman–Crippen LogP) is 12.0. The number of benzene rings is 8. The summed E-state index contributed by atoms with van der Waals surface area (Å²) >= 11 is 0. The average Bonchev–Trinajstić information content (AvgIpc) is 1.51. The van der Waals surface area contributed by atoms with Gasteiger partial charge in [0, 0.05) is 114 Å². The molecular formula is C83H110N12O17S8. The van der Waals surface area contributed by atoms with Gasteiger partial charge in [-0.15, -0.1) is 0 Å². The third kappa shape index (κ3) is 22.4. The van der Waals surface area contributed by atoms with Crippen LogP contribution in [0.3, 0.4) is 0 Å². The van der Waals surface area contributed by atoms with Crippen molar-refractivity contribution >= 4 is 131 Å². The zero-order chi connectivity index (χ0) is 87.7. The molecule has 0 amide bonds. The van der Waals surface area contributed by atoms with E-state index < -0.39 is 80.2 Å². The molecule has 4 heterocycles. The standard InChI is InChI=1S/C22H31N3O4S2.C21H27N3O5S2.C20H25N3O4S2.C20H27N3O4S2/c1-5-22(2)14-16-25(17-15-22)21-9-7-6-8-20(21)23-30(26,27)18-10-12-19(13-11-18)31(28,29)24(3)4;1-16(25)17-12-14-24(15-13-17)21-7-5-4-6-20(21)22-30(26,27)18-8-10-19(11-9-18)31(28,29)23(2)3;1-22(2)29(26,27)18-11-9-17(10-12-18)28(24,25)21-19-5-3-4-6-20(19)23-14-15-7-8-16(23)13-15;1-16-12-14-23(15-13-16)20-7-5-4-6-19(20)21-28(24,25)17-8-10-18(11-9-17)29(26,27)22(2)3/h6-13,23H,5,14-17H2,1-4H3;4-11,17,22H,12-15H2,1-3H3;3-6,9-12,15-16,21H,7-8,13-14H2,1-2H3;4-11,16,21H,12-15H2,1-3H3. The Balaban J connectivity index is 0.000000168. The molecule has 0 spiro atoms. The molecule has 1 aliphatic carbocycles. The summed E-state index contributed by atoms with van der Waals surface area (Å²) in [6.45, 7) is 14.2. The van der Waals surface area contributed by atoms with Gasteiger partial charge in [0.25, 0.3) is 40.1 Å². The highest BCUT2D eigenvalue weighted by molar-refractivity contribution is 7.94. The Morgan fingerprint density at radius 2 is 0.617 bits per heavy atom. The van der Waals surface area contributed by atoms with Crippen LogP contribution in [-0.4, -0.2) is 199 Å². The van der Waals surface area contributed by atoms with Gasteiger partial charge in [-0.25, -0.2) is 84.6 Å². The lowest BCUT2D eigenvalue weighted by Gasteiger charge is -2.40. The van der Waals surface area contributed by atoms with Crippen LogP contribution < -0.4 is 38.5 Å². The summed E-state index contributed by atoms with van der Waals surface area (Å²) in [4.78, 5) is 20.6. The van der Waals surface area contributed by atoms with Crippen molar-refractivity contribution < 1.29 is 72.1 Å². The first kappa shape index (κ1) is 93.5. The molecule has 5 fully saturated rings. The molecule has 5 aliphatic rings. The SMILES string of the molecule is CC(=O)C1CCN(c2ccccc2NS(=O)(=O)c2ccc(S(=O)(=O)N(C)C)cc2)CC1.CC1CCN(c2ccccc2NS(=O)(=O)c2ccc(S(=O)(=O)N(C)C)cc2)CC1.CCC1(C)CCN(c2ccccc2NS(=O)(=O)c2ccc(S(=O)(=O)N(C)C)cc2)CC1.CN(C)S(=O)(=O)c1ccc(S(=O)(=O)Nc2ccccc2N2CC3CCC2C3)cc1. The largest absolute Gasteiger partial charge is 0.370 e. The van der Waals surface area contributed by atoms with E-state index in [1.807, 2.05) is 54.6 Å². The minimum atomic E-state index is -3.92. The molecule has 29 nitrogen and oxygen atoms in total. The Labute approximate surface area is 710 Å². The normalized spacial score (nSPS) is 17.6. The van der Waals surface area contributed by atoms with E-state index in [2.05, 4.69) is 59.3 Å². The van der Waals surface area contributed by atoms with E-state index in [9.17, 15) is 72.1 Å². The summed E-state index contributed by atoms with van der Waals surface area (Å²) in [7, 11) is -18.5. The van der Waals surface area contributed by atoms with E-state index in [0.717, 1.165) is 124 Å². The number of Topliss-reactive ketones (excluding diaryl/α,β-unsaturated/α-hetero) is 1. The molecule has 120 heavy (non-hydrogen) atoms. The lowest BCUT2D eigenvalue weighted by molar-refractivity contribution is -0.121. The number of rotatable bonds is 26. The van der Waals surface area contributed by atoms with Crippen molar-refractivity contribution in [2.45, 2.75) is 137 Å². The Morgan fingerprint density at radius 1 is 0.358 bits per heavy atom. The Hall–Kier alpha value is -8.73. The molecule has 37 heteroatoms. The van der Waals surface area contributed by atoms with E-state index in [1.54, 1.807) is 49.4 Å². The molecule has 2 unspecified atom stereocenters. The second kappa shape index (κ2) is 38.4. The van der Waals surface area contributed by atoms with Crippen LogP contribution in [0.15, 0.2) is 233 Å². The van der Waals surface area contributed by atoms with Crippen LogP contribution in [0.1, 0.15) is 91.9 Å². The van der Waals surface area contributed by atoms with Crippen LogP contribution in [0.25, 0.3) is 0 Å². The molecule has 2 bridgehead atoms. The van der Waals surface area contributed by atoms with Crippen molar-refractivity contribution in [2.75, 3.05) is 141 Å². The summed E-state index contributed by atoms with van der Waals surface area (Å²) in [5.41, 5.74) is 5.72. The maximum absolute atomic E-state index is 13.0. The van der Waals surface area contributed by atoms with Gasteiger partial charge in [-0.05, 0) is 228 Å². The monoisotopic (exact) mass is 1800 g/mol. The zero-order valence-electron chi connectivity index (χ0n) is 69.6. The van der Waals surface area contributed by atoms with Crippen LogP contribution in [0.5, 0.6) is 0 Å². The molecule has 0 radical (unpaired) electrons. The maximum Gasteiger partial charge on any atom is 0.261 e. The minimum Gasteiger partial charge on any atom is -0.370 e. The number of nitrogens with zero attached hydrogens (tertiary/aromatic N) is 8. The Kier molecular flexibility index (Phi) is 29.9. The van der Waals surface area contributed by atoms with Crippen LogP contribution >= 0.6 is 0 Å². The third-order valence-electron chi connectivity index (χ3n) is 22.7. The van der Waals surface area contributed by atoms with E-state index in [0.29, 0.717) is 59.1 Å². The van der Waals surface area contributed by atoms with Crippen molar-refractivity contribution in [1.29, 1.82) is 0 Å². The van der Waals surface area contributed by atoms with Crippen molar-refractivity contribution in [3.8, 4) is 0 Å². The Bertz CT molecular complexity index is 5890.